The lowest BCUT2D eigenvalue weighted by Crippen LogP contribution is -2.12. The van der Waals surface area contributed by atoms with Crippen LogP contribution < -0.4 is 11.4 Å². The van der Waals surface area contributed by atoms with E-state index in [-0.39, 0.29) is 6.07 Å². The Balaban J connectivity index is 2.99. The third kappa shape index (κ3) is 2.47. The summed E-state index contributed by atoms with van der Waals surface area (Å²) in [5.74, 6) is 0. The molecule has 20 heavy (non-hydrogen) atoms. The van der Waals surface area contributed by atoms with Crippen LogP contribution in [0.4, 0.5) is 18.9 Å². The highest BCUT2D eigenvalue weighted by Gasteiger charge is 2.34. The fourth-order valence-electron chi connectivity index (χ4n) is 1.66. The van der Waals surface area contributed by atoms with E-state index in [1.165, 1.54) is 0 Å². The minimum Gasteiger partial charge on any atom is -0.423 e. The van der Waals surface area contributed by atoms with E-state index in [0.717, 1.165) is 6.07 Å². The molecule has 0 amide bonds. The summed E-state index contributed by atoms with van der Waals surface area (Å²) in [4.78, 5) is 10.2. The SMILES string of the molecule is Nc1cc2oc(=O)cc(C(F)(F)F)c2cc1S(=O)(=O)O. The standard InChI is InChI=1S/C10H6F3NO5S/c11-10(12,13)5-2-9(15)19-7-3-6(14)8(1-4(5)7)20(16,17)18/h1-3H,14H2,(H,16,17,18). The number of alkyl halides is 3. The van der Waals surface area contributed by atoms with Gasteiger partial charge in [-0.2, -0.15) is 21.6 Å². The fraction of sp³-hybridized carbons (Fsp3) is 0.100. The topological polar surface area (TPSA) is 111 Å². The van der Waals surface area contributed by atoms with Gasteiger partial charge in [-0.15, -0.1) is 0 Å². The molecule has 0 spiro atoms. The Kier molecular flexibility index (Phi) is 3.02. The van der Waals surface area contributed by atoms with E-state index in [1.54, 1.807) is 0 Å². The number of rotatable bonds is 1. The zero-order chi connectivity index (χ0) is 15.3. The molecule has 0 fully saturated rings. The number of hydrogen-bond donors (Lipinski definition) is 2. The number of benzene rings is 1. The van der Waals surface area contributed by atoms with Gasteiger partial charge in [0.15, 0.2) is 0 Å². The minimum absolute atomic E-state index is 0.187. The first-order valence-corrected chi connectivity index (χ1v) is 6.36. The highest BCUT2D eigenvalue weighted by Crippen LogP contribution is 2.36. The van der Waals surface area contributed by atoms with E-state index < -0.39 is 49.0 Å². The van der Waals surface area contributed by atoms with Crippen LogP contribution in [0.15, 0.2) is 32.3 Å². The van der Waals surface area contributed by atoms with E-state index in [0.29, 0.717) is 6.07 Å². The van der Waals surface area contributed by atoms with Crippen molar-refractivity contribution in [1.82, 2.24) is 0 Å². The van der Waals surface area contributed by atoms with Gasteiger partial charge in [0.05, 0.1) is 11.3 Å². The second-order valence-electron chi connectivity index (χ2n) is 3.84. The molecule has 10 heteroatoms. The highest BCUT2D eigenvalue weighted by molar-refractivity contribution is 7.86. The molecule has 1 heterocycles. The van der Waals surface area contributed by atoms with Crippen LogP contribution in [-0.4, -0.2) is 13.0 Å². The summed E-state index contributed by atoms with van der Waals surface area (Å²) in [6.45, 7) is 0. The molecule has 0 radical (unpaired) electrons. The molecule has 2 aromatic rings. The summed E-state index contributed by atoms with van der Waals surface area (Å²) in [6, 6.07) is 1.42. The van der Waals surface area contributed by atoms with Gasteiger partial charge in [-0.1, -0.05) is 0 Å². The van der Waals surface area contributed by atoms with E-state index in [9.17, 15) is 26.4 Å². The number of nitrogens with two attached hydrogens (primary N) is 1. The lowest BCUT2D eigenvalue weighted by molar-refractivity contribution is -0.136. The number of halogens is 3. The summed E-state index contributed by atoms with van der Waals surface area (Å²) in [6.07, 6.45) is -4.90. The van der Waals surface area contributed by atoms with Crippen LogP contribution in [0.25, 0.3) is 11.0 Å². The molecule has 1 aromatic heterocycles. The van der Waals surface area contributed by atoms with Crippen molar-refractivity contribution in [2.45, 2.75) is 11.1 Å². The first-order valence-electron chi connectivity index (χ1n) is 4.92. The molecule has 0 unspecified atom stereocenters. The Hall–Kier alpha value is -2.07. The van der Waals surface area contributed by atoms with Gasteiger partial charge < -0.3 is 10.2 Å². The third-order valence-electron chi connectivity index (χ3n) is 2.46. The van der Waals surface area contributed by atoms with E-state index in [1.807, 2.05) is 0 Å². The van der Waals surface area contributed by atoms with Crippen molar-refractivity contribution in [3.05, 3.63) is 34.2 Å². The van der Waals surface area contributed by atoms with Crippen LogP contribution in [0.1, 0.15) is 5.56 Å². The van der Waals surface area contributed by atoms with E-state index in [4.69, 9.17) is 10.3 Å². The number of nitrogen functional groups attached to an aromatic ring is 1. The molecule has 3 N–H and O–H groups in total. The minimum atomic E-state index is -4.90. The Bertz CT molecular complexity index is 854. The first kappa shape index (κ1) is 14.3. The average molecular weight is 309 g/mol. The molecule has 6 nitrogen and oxygen atoms in total. The number of anilines is 1. The van der Waals surface area contributed by atoms with Gasteiger partial charge in [-0.3, -0.25) is 4.55 Å². The van der Waals surface area contributed by atoms with Gasteiger partial charge in [-0.05, 0) is 6.07 Å². The highest BCUT2D eigenvalue weighted by atomic mass is 32.2. The maximum atomic E-state index is 12.8. The summed E-state index contributed by atoms with van der Waals surface area (Å²) in [7, 11) is -4.81. The Morgan fingerprint density at radius 1 is 1.20 bits per heavy atom. The third-order valence-corrected chi connectivity index (χ3v) is 3.37. The summed E-state index contributed by atoms with van der Waals surface area (Å²) in [5, 5.41) is -0.695. The Labute approximate surface area is 109 Å². The summed E-state index contributed by atoms with van der Waals surface area (Å²) >= 11 is 0. The maximum absolute atomic E-state index is 12.8. The van der Waals surface area contributed by atoms with E-state index >= 15 is 0 Å². The molecule has 2 rings (SSSR count). The van der Waals surface area contributed by atoms with Crippen LogP contribution in [0, 0.1) is 0 Å². The van der Waals surface area contributed by atoms with Crippen molar-refractivity contribution in [3.8, 4) is 0 Å². The molecule has 0 bridgehead atoms. The normalized spacial score (nSPS) is 12.8. The van der Waals surface area contributed by atoms with Crippen molar-refractivity contribution in [1.29, 1.82) is 0 Å². The quantitative estimate of drug-likeness (QED) is 0.470. The fourth-order valence-corrected chi connectivity index (χ4v) is 2.29. The molecular formula is C10H6F3NO5S. The number of hydrogen-bond acceptors (Lipinski definition) is 5. The van der Waals surface area contributed by atoms with Crippen LogP contribution >= 0.6 is 0 Å². The second-order valence-corrected chi connectivity index (χ2v) is 5.23. The lowest BCUT2D eigenvalue weighted by Gasteiger charge is -2.11. The van der Waals surface area contributed by atoms with Gasteiger partial charge >= 0.3 is 11.8 Å². The van der Waals surface area contributed by atoms with E-state index in [2.05, 4.69) is 4.42 Å². The zero-order valence-corrected chi connectivity index (χ0v) is 10.2. The summed E-state index contributed by atoms with van der Waals surface area (Å²) in [5.41, 5.74) is 1.59. The van der Waals surface area contributed by atoms with Gasteiger partial charge in [0, 0.05) is 17.5 Å². The van der Waals surface area contributed by atoms with Crippen molar-refractivity contribution in [2.24, 2.45) is 0 Å². The molecule has 0 aliphatic rings. The molecule has 0 saturated heterocycles. The molecule has 0 atom stereocenters. The van der Waals surface area contributed by atoms with Gasteiger partial charge in [-0.25, -0.2) is 4.79 Å². The second kappa shape index (κ2) is 4.21. The Morgan fingerprint density at radius 2 is 1.80 bits per heavy atom. The Morgan fingerprint density at radius 3 is 2.30 bits per heavy atom. The first-order chi connectivity index (χ1) is 9.00. The predicted octanol–water partition coefficient (Wildman–Crippen LogP) is 1.64. The maximum Gasteiger partial charge on any atom is 0.417 e. The average Bonchev–Trinajstić information content (AvgIpc) is 2.23. The van der Waals surface area contributed by atoms with Crippen LogP contribution in [0.5, 0.6) is 0 Å². The van der Waals surface area contributed by atoms with Crippen molar-refractivity contribution < 1.29 is 30.6 Å². The largest absolute Gasteiger partial charge is 0.423 e. The van der Waals surface area contributed by atoms with Crippen molar-refractivity contribution in [2.75, 3.05) is 5.73 Å². The monoisotopic (exact) mass is 309 g/mol. The molecule has 1 aromatic carbocycles. The van der Waals surface area contributed by atoms with Gasteiger partial charge in [0.25, 0.3) is 10.1 Å². The van der Waals surface area contributed by atoms with Crippen molar-refractivity contribution >= 4 is 26.8 Å². The molecular weight excluding hydrogens is 303 g/mol. The molecule has 0 aliphatic carbocycles. The van der Waals surface area contributed by atoms with Crippen LogP contribution in [0.3, 0.4) is 0 Å². The zero-order valence-electron chi connectivity index (χ0n) is 9.43. The molecule has 108 valence electrons. The van der Waals surface area contributed by atoms with Gasteiger partial charge in [0.1, 0.15) is 10.5 Å². The molecule has 0 saturated carbocycles. The van der Waals surface area contributed by atoms with Crippen LogP contribution in [0.2, 0.25) is 0 Å². The predicted molar refractivity (Wildman–Crippen MR) is 61.7 cm³/mol. The van der Waals surface area contributed by atoms with Crippen molar-refractivity contribution in [3.63, 3.8) is 0 Å². The number of fused-ring (bicyclic) bond motifs is 1. The smallest absolute Gasteiger partial charge is 0.417 e. The van der Waals surface area contributed by atoms with Crippen LogP contribution in [-0.2, 0) is 16.3 Å². The lowest BCUT2D eigenvalue weighted by atomic mass is 10.1. The van der Waals surface area contributed by atoms with Gasteiger partial charge in [0.2, 0.25) is 0 Å². The summed E-state index contributed by atoms with van der Waals surface area (Å²) < 4.78 is 73.9. The molecule has 0 aliphatic heterocycles.